The average Bonchev–Trinajstić information content (AvgIpc) is 2.94. The third kappa shape index (κ3) is 4.82. The summed E-state index contributed by atoms with van der Waals surface area (Å²) < 4.78 is 1.76. The van der Waals surface area contributed by atoms with Gasteiger partial charge in [-0.15, -0.1) is 0 Å². The molecule has 6 heteroatoms. The lowest BCUT2D eigenvalue weighted by molar-refractivity contribution is -0.115. The number of hydrogen-bond donors (Lipinski definition) is 1. The summed E-state index contributed by atoms with van der Waals surface area (Å²) in [5, 5.41) is 3.07. The maximum atomic E-state index is 14.7. The number of nitrogens with zero attached hydrogens (tertiary/aromatic N) is 2. The van der Waals surface area contributed by atoms with E-state index in [9.17, 15) is 9.59 Å². The minimum Gasteiger partial charge on any atom is -0.325 e. The normalized spacial score (nSPS) is 16.3. The second-order valence-electron chi connectivity index (χ2n) is 10.9. The zero-order chi connectivity index (χ0) is 27.0. The number of rotatable bonds is 5. The fourth-order valence-corrected chi connectivity index (χ4v) is 7.16. The van der Waals surface area contributed by atoms with Crippen molar-refractivity contribution in [3.05, 3.63) is 106 Å². The Bertz CT molecular complexity index is 1590. The van der Waals surface area contributed by atoms with E-state index in [1.807, 2.05) is 74.5 Å². The minimum absolute atomic E-state index is 0.000158. The van der Waals surface area contributed by atoms with Crippen molar-refractivity contribution in [2.75, 3.05) is 5.32 Å². The quantitative estimate of drug-likeness (QED) is 0.219. The summed E-state index contributed by atoms with van der Waals surface area (Å²) in [6.45, 7) is 3.90. The third-order valence-electron chi connectivity index (χ3n) is 8.15. The van der Waals surface area contributed by atoms with Crippen LogP contribution in [-0.4, -0.2) is 20.7 Å². The molecule has 1 saturated carbocycles. The first kappa shape index (κ1) is 25.6. The number of aromatic nitrogens is 2. The van der Waals surface area contributed by atoms with E-state index in [4.69, 9.17) is 4.98 Å². The molecule has 39 heavy (non-hydrogen) atoms. The van der Waals surface area contributed by atoms with Crippen molar-refractivity contribution in [2.45, 2.75) is 68.2 Å². The second-order valence-corrected chi connectivity index (χ2v) is 12.2. The lowest BCUT2D eigenvalue weighted by Gasteiger charge is -2.42. The van der Waals surface area contributed by atoms with Crippen molar-refractivity contribution in [1.82, 2.24) is 9.55 Å². The van der Waals surface area contributed by atoms with Crippen LogP contribution in [0.25, 0.3) is 16.9 Å². The van der Waals surface area contributed by atoms with Gasteiger partial charge in [-0.1, -0.05) is 85.6 Å². The Morgan fingerprint density at radius 3 is 2.49 bits per heavy atom. The van der Waals surface area contributed by atoms with Crippen LogP contribution < -0.4 is 10.9 Å². The predicted octanol–water partition coefficient (Wildman–Crippen LogP) is 7.09. The molecule has 1 spiro atoms. The van der Waals surface area contributed by atoms with Crippen molar-refractivity contribution in [1.29, 1.82) is 0 Å². The summed E-state index contributed by atoms with van der Waals surface area (Å²) in [6.07, 6.45) is 6.34. The molecule has 2 aliphatic rings. The van der Waals surface area contributed by atoms with Crippen LogP contribution >= 0.6 is 11.8 Å². The Morgan fingerprint density at radius 2 is 1.72 bits per heavy atom. The predicted molar refractivity (Wildman–Crippen MR) is 159 cm³/mol. The molecule has 6 rings (SSSR count). The van der Waals surface area contributed by atoms with Crippen molar-refractivity contribution in [3.8, 4) is 16.9 Å². The maximum Gasteiger partial charge on any atom is 0.263 e. The van der Waals surface area contributed by atoms with Gasteiger partial charge in [-0.2, -0.15) is 0 Å². The van der Waals surface area contributed by atoms with E-state index in [2.05, 4.69) is 23.5 Å². The maximum absolute atomic E-state index is 14.7. The number of hydrogen-bond acceptors (Lipinski definition) is 4. The first-order valence-corrected chi connectivity index (χ1v) is 14.7. The fourth-order valence-electron chi connectivity index (χ4n) is 6.24. The summed E-state index contributed by atoms with van der Waals surface area (Å²) >= 11 is 1.33. The van der Waals surface area contributed by atoms with Gasteiger partial charge in [0.1, 0.15) is 0 Å². The highest BCUT2D eigenvalue weighted by Gasteiger charge is 2.43. The molecule has 1 heterocycles. The largest absolute Gasteiger partial charge is 0.325 e. The van der Waals surface area contributed by atoms with Gasteiger partial charge in [0.2, 0.25) is 5.91 Å². The minimum atomic E-state index is -0.464. The monoisotopic (exact) mass is 535 g/mol. The molecule has 0 unspecified atom stereocenters. The van der Waals surface area contributed by atoms with Crippen LogP contribution in [0.5, 0.6) is 0 Å². The Morgan fingerprint density at radius 1 is 0.974 bits per heavy atom. The molecule has 4 aromatic rings. The molecule has 1 atom stereocenters. The van der Waals surface area contributed by atoms with E-state index in [0.717, 1.165) is 65.9 Å². The van der Waals surface area contributed by atoms with Crippen LogP contribution in [0.3, 0.4) is 0 Å². The molecular weight excluding hydrogens is 502 g/mol. The van der Waals surface area contributed by atoms with Crippen molar-refractivity contribution < 1.29 is 4.79 Å². The van der Waals surface area contributed by atoms with Crippen molar-refractivity contribution in [3.63, 3.8) is 0 Å². The topological polar surface area (TPSA) is 64.0 Å². The highest BCUT2D eigenvalue weighted by Crippen LogP contribution is 2.49. The number of para-hydroxylation sites is 1. The summed E-state index contributed by atoms with van der Waals surface area (Å²) in [5.41, 5.74) is 6.37. The van der Waals surface area contributed by atoms with E-state index in [1.54, 1.807) is 4.57 Å². The van der Waals surface area contributed by atoms with E-state index in [-0.39, 0.29) is 16.9 Å². The molecule has 5 nitrogen and oxygen atoms in total. The van der Waals surface area contributed by atoms with Gasteiger partial charge < -0.3 is 5.32 Å². The molecular formula is C33H33N3O2S. The molecule has 0 bridgehead atoms. The van der Waals surface area contributed by atoms with E-state index in [0.29, 0.717) is 5.16 Å². The molecule has 198 valence electrons. The number of fused-ring (bicyclic) bond motifs is 4. The Kier molecular flexibility index (Phi) is 6.90. The number of thioether (sulfide) groups is 1. The SMILES string of the molecule is Cc1cccc(-n2c(S[C@H](C)C(=O)Nc3ccccc3)nc3c(c2=O)C2(CCCCC2)Cc2ccccc2-3)c1. The summed E-state index contributed by atoms with van der Waals surface area (Å²) in [7, 11) is 0. The van der Waals surface area contributed by atoms with Crippen LogP contribution in [-0.2, 0) is 16.6 Å². The Balaban J connectivity index is 1.52. The van der Waals surface area contributed by atoms with Crippen LogP contribution in [0.15, 0.2) is 88.8 Å². The van der Waals surface area contributed by atoms with E-state index >= 15 is 0 Å². The van der Waals surface area contributed by atoms with Crippen LogP contribution in [0.4, 0.5) is 5.69 Å². The standard InChI is InChI=1S/C33H33N3O2S/c1-22-12-11-16-26(20-22)36-31(38)28-29(27-17-8-7-13-24(27)21-33(28)18-9-4-10-19-33)35-32(36)39-23(2)30(37)34-25-14-5-3-6-15-25/h3,5-8,11-17,20,23H,4,9-10,18-19,21H2,1-2H3,(H,34,37)/t23-/m1/s1. The third-order valence-corrected chi connectivity index (χ3v) is 9.20. The van der Waals surface area contributed by atoms with Gasteiger partial charge in [-0.05, 0) is 68.5 Å². The van der Waals surface area contributed by atoms with Crippen molar-refractivity contribution in [2.24, 2.45) is 0 Å². The molecule has 3 aromatic carbocycles. The first-order chi connectivity index (χ1) is 18.9. The average molecular weight is 536 g/mol. The fraction of sp³-hybridized carbons (Fsp3) is 0.303. The van der Waals surface area contributed by atoms with Gasteiger partial charge in [0.05, 0.1) is 22.2 Å². The van der Waals surface area contributed by atoms with Gasteiger partial charge in [0, 0.05) is 16.7 Å². The molecule has 0 radical (unpaired) electrons. The van der Waals surface area contributed by atoms with Gasteiger partial charge in [-0.25, -0.2) is 4.98 Å². The molecule has 1 fully saturated rings. The number of carbonyl (C=O) groups is 1. The zero-order valence-corrected chi connectivity index (χ0v) is 23.3. The van der Waals surface area contributed by atoms with E-state index in [1.165, 1.54) is 23.7 Å². The number of carbonyl (C=O) groups excluding carboxylic acids is 1. The first-order valence-electron chi connectivity index (χ1n) is 13.8. The molecule has 1 aromatic heterocycles. The van der Waals surface area contributed by atoms with Crippen molar-refractivity contribution >= 4 is 23.4 Å². The van der Waals surface area contributed by atoms with Crippen LogP contribution in [0, 0.1) is 6.92 Å². The summed E-state index contributed by atoms with van der Waals surface area (Å²) in [5.74, 6) is -0.127. The lowest BCUT2D eigenvalue weighted by Crippen LogP contribution is -2.43. The summed E-state index contributed by atoms with van der Waals surface area (Å²) in [6, 6.07) is 25.8. The van der Waals surface area contributed by atoms with Crippen LogP contribution in [0.2, 0.25) is 0 Å². The number of aryl methyl sites for hydroxylation is 1. The Labute approximate surface area is 233 Å². The Hall–Kier alpha value is -3.64. The highest BCUT2D eigenvalue weighted by atomic mass is 32.2. The van der Waals surface area contributed by atoms with Gasteiger partial charge in [0.25, 0.3) is 5.56 Å². The number of amides is 1. The van der Waals surface area contributed by atoms with E-state index < -0.39 is 5.25 Å². The molecule has 0 aliphatic heterocycles. The van der Waals surface area contributed by atoms with Gasteiger partial charge in [0.15, 0.2) is 5.16 Å². The smallest absolute Gasteiger partial charge is 0.263 e. The highest BCUT2D eigenvalue weighted by molar-refractivity contribution is 8.00. The van der Waals surface area contributed by atoms with Gasteiger partial charge in [-0.3, -0.25) is 14.2 Å². The molecule has 1 amide bonds. The number of nitrogens with one attached hydrogen (secondary N) is 1. The number of anilines is 1. The second kappa shape index (κ2) is 10.5. The van der Waals surface area contributed by atoms with Crippen LogP contribution in [0.1, 0.15) is 55.7 Å². The molecule has 2 aliphatic carbocycles. The summed E-state index contributed by atoms with van der Waals surface area (Å²) in [4.78, 5) is 33.1. The molecule has 0 saturated heterocycles. The lowest BCUT2D eigenvalue weighted by atomic mass is 9.62. The van der Waals surface area contributed by atoms with Gasteiger partial charge >= 0.3 is 0 Å². The number of benzene rings is 3. The zero-order valence-electron chi connectivity index (χ0n) is 22.4. The molecule has 1 N–H and O–H groups in total.